The summed E-state index contributed by atoms with van der Waals surface area (Å²) in [5, 5.41) is 4.18. The largest absolute Gasteiger partial charge is 0.293 e. The fraction of sp³-hybridized carbons (Fsp3) is 0.188. The van der Waals surface area contributed by atoms with Crippen LogP contribution in [-0.2, 0) is 0 Å². The van der Waals surface area contributed by atoms with Crippen LogP contribution in [0.4, 0.5) is 5.82 Å². The summed E-state index contributed by atoms with van der Waals surface area (Å²) in [5.41, 5.74) is 2.54. The minimum Gasteiger partial charge on any atom is -0.293 e. The quantitative estimate of drug-likeness (QED) is 0.720. The number of nitrogens with zero attached hydrogens (tertiary/aromatic N) is 4. The highest BCUT2D eigenvalue weighted by molar-refractivity contribution is 9.10. The molecule has 0 radical (unpaired) electrons. The molecule has 6 heteroatoms. The highest BCUT2D eigenvalue weighted by Crippen LogP contribution is 2.20. The van der Waals surface area contributed by atoms with Crippen molar-refractivity contribution in [1.82, 2.24) is 14.6 Å². The third-order valence-electron chi connectivity index (χ3n) is 3.46. The number of anilines is 1. The van der Waals surface area contributed by atoms with Crippen molar-refractivity contribution in [2.24, 2.45) is 0 Å². The molecule has 0 bridgehead atoms. The summed E-state index contributed by atoms with van der Waals surface area (Å²) in [6, 6.07) is 7.42. The van der Waals surface area contributed by atoms with E-state index in [-0.39, 0.29) is 5.91 Å². The predicted octanol–water partition coefficient (Wildman–Crippen LogP) is 3.47. The molecule has 0 N–H and O–H groups in total. The minimum atomic E-state index is -0.0746. The summed E-state index contributed by atoms with van der Waals surface area (Å²) in [4.78, 5) is 18.8. The second-order valence-electron chi connectivity index (χ2n) is 4.98. The molecule has 0 aliphatic rings. The number of hydrogen-bond acceptors (Lipinski definition) is 3. The van der Waals surface area contributed by atoms with Crippen molar-refractivity contribution in [3.8, 4) is 0 Å². The van der Waals surface area contributed by atoms with Gasteiger partial charge in [-0.05, 0) is 53.5 Å². The molecule has 112 valence electrons. The number of amides is 1. The van der Waals surface area contributed by atoms with Gasteiger partial charge in [0.15, 0.2) is 0 Å². The first kappa shape index (κ1) is 14.7. The fourth-order valence-electron chi connectivity index (χ4n) is 2.27. The second-order valence-corrected chi connectivity index (χ2v) is 5.84. The maximum absolute atomic E-state index is 12.8. The van der Waals surface area contributed by atoms with Crippen molar-refractivity contribution >= 4 is 33.2 Å². The Bertz CT molecular complexity index is 826. The van der Waals surface area contributed by atoms with Crippen LogP contribution >= 0.6 is 15.9 Å². The van der Waals surface area contributed by atoms with Crippen LogP contribution in [0, 0.1) is 6.92 Å². The number of halogens is 1. The normalized spacial score (nSPS) is 10.9. The summed E-state index contributed by atoms with van der Waals surface area (Å²) in [5.74, 6) is 0.583. The van der Waals surface area contributed by atoms with Crippen LogP contribution < -0.4 is 4.90 Å². The summed E-state index contributed by atoms with van der Waals surface area (Å²) in [6.07, 6.45) is 5.26. The van der Waals surface area contributed by atoms with Crippen LogP contribution in [0.15, 0.2) is 47.3 Å². The van der Waals surface area contributed by atoms with Crippen LogP contribution in [0.5, 0.6) is 0 Å². The summed E-state index contributed by atoms with van der Waals surface area (Å²) >= 11 is 3.44. The van der Waals surface area contributed by atoms with E-state index in [1.807, 2.05) is 32.0 Å². The number of aromatic nitrogens is 3. The standard InChI is InChI=1S/C16H15BrN4O/c1-3-20(15-5-4-11(2)9-18-15)16(22)12-6-7-21-14(8-12)13(17)10-19-21/h4-10H,3H2,1-2H3. The topological polar surface area (TPSA) is 50.5 Å². The van der Waals surface area contributed by atoms with E-state index < -0.39 is 0 Å². The molecule has 22 heavy (non-hydrogen) atoms. The molecule has 0 saturated carbocycles. The van der Waals surface area contributed by atoms with E-state index in [2.05, 4.69) is 26.0 Å². The maximum Gasteiger partial charge on any atom is 0.259 e. The Hall–Kier alpha value is -2.21. The molecule has 0 atom stereocenters. The average Bonchev–Trinajstić information content (AvgIpc) is 2.90. The molecule has 0 saturated heterocycles. The van der Waals surface area contributed by atoms with Crippen molar-refractivity contribution in [3.63, 3.8) is 0 Å². The van der Waals surface area contributed by atoms with Crippen molar-refractivity contribution in [1.29, 1.82) is 0 Å². The Labute approximate surface area is 136 Å². The Kier molecular flexibility index (Phi) is 3.94. The molecule has 0 unspecified atom stereocenters. The van der Waals surface area contributed by atoms with Gasteiger partial charge >= 0.3 is 0 Å². The summed E-state index contributed by atoms with van der Waals surface area (Å²) in [6.45, 7) is 4.47. The third kappa shape index (κ3) is 2.62. The molecule has 1 amide bonds. The molecule has 0 fully saturated rings. The zero-order valence-corrected chi connectivity index (χ0v) is 13.9. The van der Waals surface area contributed by atoms with E-state index in [1.165, 1.54) is 0 Å². The van der Waals surface area contributed by atoms with Gasteiger partial charge in [-0.15, -0.1) is 0 Å². The minimum absolute atomic E-state index is 0.0746. The number of hydrogen-bond donors (Lipinski definition) is 0. The van der Waals surface area contributed by atoms with E-state index >= 15 is 0 Å². The molecule has 0 aliphatic heterocycles. The molecule has 0 aromatic carbocycles. The van der Waals surface area contributed by atoms with E-state index in [4.69, 9.17) is 0 Å². The van der Waals surface area contributed by atoms with E-state index in [9.17, 15) is 4.79 Å². The van der Waals surface area contributed by atoms with Gasteiger partial charge in [0, 0.05) is 24.5 Å². The number of aryl methyl sites for hydroxylation is 1. The highest BCUT2D eigenvalue weighted by atomic mass is 79.9. The van der Waals surface area contributed by atoms with Crippen LogP contribution in [0.25, 0.3) is 5.52 Å². The van der Waals surface area contributed by atoms with Gasteiger partial charge in [-0.1, -0.05) is 6.07 Å². The fourth-order valence-corrected chi connectivity index (χ4v) is 2.66. The molecule has 3 heterocycles. The Morgan fingerprint density at radius 2 is 2.14 bits per heavy atom. The number of carbonyl (C=O) groups is 1. The van der Waals surface area contributed by atoms with Crippen molar-refractivity contribution in [3.05, 3.63) is 58.5 Å². The van der Waals surface area contributed by atoms with Crippen molar-refractivity contribution in [2.75, 3.05) is 11.4 Å². The lowest BCUT2D eigenvalue weighted by molar-refractivity contribution is 0.0987. The Balaban J connectivity index is 1.98. The zero-order valence-electron chi connectivity index (χ0n) is 12.3. The van der Waals surface area contributed by atoms with Crippen LogP contribution in [0.2, 0.25) is 0 Å². The molecule has 0 aliphatic carbocycles. The maximum atomic E-state index is 12.8. The van der Waals surface area contributed by atoms with Crippen LogP contribution in [0.1, 0.15) is 22.8 Å². The van der Waals surface area contributed by atoms with Gasteiger partial charge in [0.1, 0.15) is 5.82 Å². The lowest BCUT2D eigenvalue weighted by atomic mass is 10.2. The van der Waals surface area contributed by atoms with Gasteiger partial charge in [-0.2, -0.15) is 5.10 Å². The first-order valence-corrected chi connectivity index (χ1v) is 7.77. The monoisotopic (exact) mass is 358 g/mol. The first-order valence-electron chi connectivity index (χ1n) is 6.97. The smallest absolute Gasteiger partial charge is 0.259 e. The number of fused-ring (bicyclic) bond motifs is 1. The van der Waals surface area contributed by atoms with Gasteiger partial charge < -0.3 is 0 Å². The Morgan fingerprint density at radius 3 is 2.82 bits per heavy atom. The van der Waals surface area contributed by atoms with E-state index in [0.29, 0.717) is 17.9 Å². The van der Waals surface area contributed by atoms with Crippen molar-refractivity contribution < 1.29 is 4.79 Å². The number of rotatable bonds is 3. The van der Waals surface area contributed by atoms with E-state index in [1.54, 1.807) is 34.1 Å². The lowest BCUT2D eigenvalue weighted by Gasteiger charge is -2.20. The van der Waals surface area contributed by atoms with Gasteiger partial charge in [0.05, 0.1) is 16.2 Å². The van der Waals surface area contributed by atoms with Gasteiger partial charge in [-0.3, -0.25) is 9.69 Å². The molecule has 3 rings (SSSR count). The summed E-state index contributed by atoms with van der Waals surface area (Å²) < 4.78 is 2.58. The molecule has 0 spiro atoms. The van der Waals surface area contributed by atoms with Crippen LogP contribution in [-0.4, -0.2) is 27.0 Å². The number of pyridine rings is 2. The zero-order chi connectivity index (χ0) is 15.7. The second kappa shape index (κ2) is 5.88. The average molecular weight is 359 g/mol. The van der Waals surface area contributed by atoms with Crippen molar-refractivity contribution in [2.45, 2.75) is 13.8 Å². The molecule has 3 aromatic heterocycles. The SMILES string of the molecule is CCN(C(=O)c1ccn2ncc(Br)c2c1)c1ccc(C)cn1. The molecular formula is C16H15BrN4O. The van der Waals surface area contributed by atoms with Gasteiger partial charge in [0.25, 0.3) is 5.91 Å². The molecular weight excluding hydrogens is 344 g/mol. The van der Waals surface area contributed by atoms with Crippen LogP contribution in [0.3, 0.4) is 0 Å². The third-order valence-corrected chi connectivity index (χ3v) is 4.07. The molecule has 5 nitrogen and oxygen atoms in total. The predicted molar refractivity (Wildman–Crippen MR) is 89.2 cm³/mol. The van der Waals surface area contributed by atoms with E-state index in [0.717, 1.165) is 15.6 Å². The Morgan fingerprint density at radius 1 is 1.32 bits per heavy atom. The number of carbonyl (C=O) groups excluding carboxylic acids is 1. The molecule has 3 aromatic rings. The highest BCUT2D eigenvalue weighted by Gasteiger charge is 2.18. The first-order chi connectivity index (χ1) is 10.6. The summed E-state index contributed by atoms with van der Waals surface area (Å²) in [7, 11) is 0. The van der Waals surface area contributed by atoms with Gasteiger partial charge in [0.2, 0.25) is 0 Å². The lowest BCUT2D eigenvalue weighted by Crippen LogP contribution is -2.31. The van der Waals surface area contributed by atoms with Gasteiger partial charge in [-0.25, -0.2) is 9.50 Å².